The summed E-state index contributed by atoms with van der Waals surface area (Å²) in [6.45, 7) is 0. The smallest absolute Gasteiger partial charge is 0.337 e. The van der Waals surface area contributed by atoms with E-state index in [9.17, 15) is 4.79 Å². The molecule has 2 aromatic rings. The van der Waals surface area contributed by atoms with E-state index < -0.39 is 5.97 Å². The minimum atomic E-state index is -1.06. The molecule has 0 aliphatic rings. The summed E-state index contributed by atoms with van der Waals surface area (Å²) in [5.41, 5.74) is 1.14. The van der Waals surface area contributed by atoms with Crippen molar-refractivity contribution in [3.05, 3.63) is 56.5 Å². The molecule has 0 saturated heterocycles. The lowest BCUT2D eigenvalue weighted by Gasteiger charge is -2.11. The minimum absolute atomic E-state index is 0.0893. The van der Waals surface area contributed by atoms with Crippen LogP contribution in [0.25, 0.3) is 0 Å². The minimum Gasteiger partial charge on any atom is -0.478 e. The number of carbonyl (C=O) groups is 1. The van der Waals surface area contributed by atoms with Crippen molar-refractivity contribution in [3.8, 4) is 0 Å². The fourth-order valence-corrected chi connectivity index (χ4v) is 2.43. The average Bonchev–Trinajstić information content (AvgIpc) is 2.34. The van der Waals surface area contributed by atoms with Crippen molar-refractivity contribution in [2.75, 3.05) is 5.32 Å². The monoisotopic (exact) mass is 359 g/mol. The second kappa shape index (κ2) is 5.82. The van der Waals surface area contributed by atoms with Crippen molar-refractivity contribution in [1.29, 1.82) is 0 Å². The summed E-state index contributed by atoms with van der Waals surface area (Å²) in [5, 5.41) is 13.0. The van der Waals surface area contributed by atoms with Crippen LogP contribution < -0.4 is 5.32 Å². The van der Waals surface area contributed by atoms with Gasteiger partial charge in [-0.15, -0.1) is 0 Å². The first-order valence-corrected chi connectivity index (χ1v) is 6.77. The Morgan fingerprint density at radius 3 is 2.42 bits per heavy atom. The number of halogens is 3. The maximum Gasteiger partial charge on any atom is 0.337 e. The van der Waals surface area contributed by atoms with E-state index in [1.807, 2.05) is 6.07 Å². The summed E-state index contributed by atoms with van der Waals surface area (Å²) in [5.74, 6) is -1.06. The van der Waals surface area contributed by atoms with E-state index in [2.05, 4.69) is 21.2 Å². The zero-order valence-electron chi connectivity index (χ0n) is 9.45. The van der Waals surface area contributed by atoms with Crippen molar-refractivity contribution in [2.45, 2.75) is 0 Å². The molecule has 0 radical (unpaired) electrons. The maximum atomic E-state index is 11.2. The van der Waals surface area contributed by atoms with Crippen LogP contribution in [0.3, 0.4) is 0 Å². The molecule has 0 unspecified atom stereocenters. The Labute approximate surface area is 128 Å². The predicted octanol–water partition coefficient (Wildman–Crippen LogP) is 5.20. The molecule has 2 N–H and O–H groups in total. The van der Waals surface area contributed by atoms with Gasteiger partial charge in [0.25, 0.3) is 0 Å². The Balaban J connectivity index is 2.40. The Kier molecular flexibility index (Phi) is 4.34. The van der Waals surface area contributed by atoms with Crippen LogP contribution in [0.5, 0.6) is 0 Å². The zero-order valence-corrected chi connectivity index (χ0v) is 12.6. The Bertz CT molecular complexity index is 647. The van der Waals surface area contributed by atoms with Crippen LogP contribution in [0, 0.1) is 0 Å². The molecule has 98 valence electrons. The van der Waals surface area contributed by atoms with Crippen molar-refractivity contribution >= 4 is 56.5 Å². The van der Waals surface area contributed by atoms with E-state index in [1.54, 1.807) is 24.3 Å². The highest BCUT2D eigenvalue weighted by atomic mass is 79.9. The van der Waals surface area contributed by atoms with Crippen molar-refractivity contribution in [3.63, 3.8) is 0 Å². The maximum absolute atomic E-state index is 11.2. The third-order valence-corrected chi connectivity index (χ3v) is 3.45. The lowest BCUT2D eigenvalue weighted by Crippen LogP contribution is -2.02. The molecule has 19 heavy (non-hydrogen) atoms. The molecule has 3 nitrogen and oxygen atoms in total. The summed E-state index contributed by atoms with van der Waals surface area (Å²) in [7, 11) is 0. The van der Waals surface area contributed by atoms with Gasteiger partial charge < -0.3 is 10.4 Å². The first-order chi connectivity index (χ1) is 8.97. The number of hydrogen-bond donors (Lipinski definition) is 2. The molecule has 2 aromatic carbocycles. The van der Waals surface area contributed by atoms with Gasteiger partial charge in [-0.3, -0.25) is 0 Å². The molecule has 2 rings (SSSR count). The molecule has 0 bridgehead atoms. The van der Waals surface area contributed by atoms with Crippen LogP contribution in [0.2, 0.25) is 10.0 Å². The Morgan fingerprint density at radius 2 is 1.79 bits per heavy atom. The van der Waals surface area contributed by atoms with Crippen LogP contribution in [0.4, 0.5) is 11.4 Å². The molecule has 0 amide bonds. The fourth-order valence-electron chi connectivity index (χ4n) is 1.54. The second-order valence-electron chi connectivity index (χ2n) is 3.74. The van der Waals surface area contributed by atoms with Gasteiger partial charge >= 0.3 is 5.97 Å². The van der Waals surface area contributed by atoms with Gasteiger partial charge in [0.05, 0.1) is 22.0 Å². The van der Waals surface area contributed by atoms with E-state index in [0.29, 0.717) is 21.4 Å². The van der Waals surface area contributed by atoms with Gasteiger partial charge in [0.15, 0.2) is 0 Å². The molecule has 0 aliphatic heterocycles. The lowest BCUT2D eigenvalue weighted by molar-refractivity contribution is 0.0698. The predicted molar refractivity (Wildman–Crippen MR) is 80.8 cm³/mol. The summed E-state index contributed by atoms with van der Waals surface area (Å²) in [6.07, 6.45) is 0. The van der Waals surface area contributed by atoms with Gasteiger partial charge in [0.1, 0.15) is 0 Å². The summed E-state index contributed by atoms with van der Waals surface area (Å²) < 4.78 is 0.845. The molecule has 0 atom stereocenters. The van der Waals surface area contributed by atoms with Crippen LogP contribution in [0.15, 0.2) is 40.9 Å². The van der Waals surface area contributed by atoms with E-state index in [4.69, 9.17) is 28.3 Å². The lowest BCUT2D eigenvalue weighted by atomic mass is 10.1. The van der Waals surface area contributed by atoms with Gasteiger partial charge in [0.2, 0.25) is 0 Å². The second-order valence-corrected chi connectivity index (χ2v) is 5.50. The highest BCUT2D eigenvalue weighted by Crippen LogP contribution is 2.30. The van der Waals surface area contributed by atoms with Crippen molar-refractivity contribution in [1.82, 2.24) is 0 Å². The number of aromatic carboxylic acids is 1. The zero-order chi connectivity index (χ0) is 14.0. The van der Waals surface area contributed by atoms with E-state index in [1.165, 1.54) is 6.07 Å². The molecule has 0 saturated carbocycles. The number of carboxylic acid groups (broad SMARTS) is 1. The topological polar surface area (TPSA) is 49.3 Å². The van der Waals surface area contributed by atoms with Gasteiger partial charge in [-0.25, -0.2) is 4.79 Å². The molecule has 0 fully saturated rings. The van der Waals surface area contributed by atoms with Gasteiger partial charge in [0, 0.05) is 9.50 Å². The summed E-state index contributed by atoms with van der Waals surface area (Å²) in [6, 6.07) is 9.89. The van der Waals surface area contributed by atoms with E-state index >= 15 is 0 Å². The van der Waals surface area contributed by atoms with Gasteiger partial charge in [-0.2, -0.15) is 0 Å². The molecular formula is C13H8BrCl2NO2. The number of benzene rings is 2. The normalized spacial score (nSPS) is 10.3. The number of hydrogen-bond acceptors (Lipinski definition) is 2. The highest BCUT2D eigenvalue weighted by molar-refractivity contribution is 9.10. The first-order valence-electron chi connectivity index (χ1n) is 5.22. The van der Waals surface area contributed by atoms with Gasteiger partial charge in [-0.05, 0) is 36.4 Å². The third kappa shape index (κ3) is 3.41. The Morgan fingerprint density at radius 1 is 1.11 bits per heavy atom. The van der Waals surface area contributed by atoms with Crippen molar-refractivity contribution in [2.24, 2.45) is 0 Å². The number of rotatable bonds is 3. The summed E-state index contributed by atoms with van der Waals surface area (Å²) >= 11 is 15.2. The van der Waals surface area contributed by atoms with Gasteiger partial charge in [-0.1, -0.05) is 39.1 Å². The fraction of sp³-hybridized carbons (Fsp3) is 0. The van der Waals surface area contributed by atoms with Crippen LogP contribution in [0.1, 0.15) is 10.4 Å². The number of nitrogens with one attached hydrogen (secondary N) is 1. The van der Waals surface area contributed by atoms with E-state index in [0.717, 1.165) is 4.47 Å². The largest absolute Gasteiger partial charge is 0.478 e. The van der Waals surface area contributed by atoms with Crippen LogP contribution >= 0.6 is 39.1 Å². The van der Waals surface area contributed by atoms with Crippen LogP contribution in [-0.4, -0.2) is 11.1 Å². The van der Waals surface area contributed by atoms with E-state index in [-0.39, 0.29) is 5.56 Å². The number of anilines is 2. The highest BCUT2D eigenvalue weighted by Gasteiger charge is 2.12. The Hall–Kier alpha value is -1.23. The van der Waals surface area contributed by atoms with Crippen LogP contribution in [-0.2, 0) is 0 Å². The van der Waals surface area contributed by atoms with Crippen molar-refractivity contribution < 1.29 is 9.90 Å². The first kappa shape index (κ1) is 14.2. The molecule has 0 aromatic heterocycles. The average molecular weight is 361 g/mol. The molecule has 0 spiro atoms. The quantitative estimate of drug-likeness (QED) is 0.791. The molecular weight excluding hydrogens is 353 g/mol. The summed E-state index contributed by atoms with van der Waals surface area (Å²) in [4.78, 5) is 11.2. The number of carboxylic acids is 1. The third-order valence-electron chi connectivity index (χ3n) is 2.41. The standard InChI is InChI=1S/C13H8BrCl2NO2/c14-7-1-3-12(10(16)5-7)17-11-4-2-8(15)6-9(11)13(18)19/h1-6,17H,(H,18,19). The molecule has 6 heteroatoms. The molecule has 0 aliphatic carbocycles. The SMILES string of the molecule is O=C(O)c1cc(Cl)ccc1Nc1ccc(Br)cc1Cl. The molecule has 0 heterocycles.